The normalized spacial score (nSPS) is 29.7. The van der Waals surface area contributed by atoms with E-state index in [1.54, 1.807) is 0 Å². The van der Waals surface area contributed by atoms with Gasteiger partial charge in [-0.1, -0.05) is 27.7 Å². The molecule has 0 radical (unpaired) electrons. The van der Waals surface area contributed by atoms with Crippen LogP contribution in [0.2, 0.25) is 0 Å². The Kier molecular flexibility index (Phi) is 5.62. The molecule has 2 rings (SSSR count). The summed E-state index contributed by atoms with van der Waals surface area (Å²) in [7, 11) is 0. The van der Waals surface area contributed by atoms with E-state index >= 15 is 0 Å². The molecule has 2 aliphatic rings. The quantitative estimate of drug-likeness (QED) is 0.754. The van der Waals surface area contributed by atoms with Crippen LogP contribution in [0.15, 0.2) is 0 Å². The topological polar surface area (TPSA) is 15.3 Å². The first kappa shape index (κ1) is 15.7. The molecule has 2 fully saturated rings. The lowest BCUT2D eigenvalue weighted by atomic mass is 9.83. The van der Waals surface area contributed by atoms with Crippen LogP contribution in [-0.2, 0) is 0 Å². The van der Waals surface area contributed by atoms with Crippen molar-refractivity contribution in [1.29, 1.82) is 0 Å². The lowest BCUT2D eigenvalue weighted by molar-refractivity contribution is 0.0516. The Bertz CT molecular complexity index is 270. The summed E-state index contributed by atoms with van der Waals surface area (Å²) in [6, 6.07) is 1.48. The molecule has 1 saturated carbocycles. The van der Waals surface area contributed by atoms with Gasteiger partial charge in [0.15, 0.2) is 0 Å². The number of hydrogen-bond donors (Lipinski definition) is 1. The Morgan fingerprint density at radius 2 is 2.00 bits per heavy atom. The molecular formula is C16H32N2S. The molecule has 0 aromatic heterocycles. The van der Waals surface area contributed by atoms with E-state index in [0.29, 0.717) is 11.5 Å². The fourth-order valence-electron chi connectivity index (χ4n) is 3.27. The van der Waals surface area contributed by atoms with Crippen LogP contribution in [0, 0.1) is 11.3 Å². The van der Waals surface area contributed by atoms with Gasteiger partial charge in [-0.2, -0.15) is 11.8 Å². The van der Waals surface area contributed by atoms with Crippen molar-refractivity contribution >= 4 is 11.8 Å². The Morgan fingerprint density at radius 3 is 2.58 bits per heavy atom. The van der Waals surface area contributed by atoms with Crippen molar-refractivity contribution in [2.45, 2.75) is 59.0 Å². The molecule has 1 heterocycles. The van der Waals surface area contributed by atoms with E-state index in [4.69, 9.17) is 0 Å². The SMILES string of the molecule is CCSCCCN1CC(C2CC2)NCC1C(C)(C)C. The molecule has 19 heavy (non-hydrogen) atoms. The third kappa shape index (κ3) is 4.64. The van der Waals surface area contributed by atoms with E-state index in [1.165, 1.54) is 50.4 Å². The van der Waals surface area contributed by atoms with E-state index in [2.05, 4.69) is 49.7 Å². The minimum absolute atomic E-state index is 0.388. The highest BCUT2D eigenvalue weighted by molar-refractivity contribution is 7.99. The van der Waals surface area contributed by atoms with Crippen LogP contribution in [0.1, 0.15) is 47.0 Å². The number of thioether (sulfide) groups is 1. The molecule has 3 heteroatoms. The fraction of sp³-hybridized carbons (Fsp3) is 1.00. The summed E-state index contributed by atoms with van der Waals surface area (Å²) >= 11 is 2.08. The third-order valence-corrected chi connectivity index (χ3v) is 5.56. The highest BCUT2D eigenvalue weighted by Crippen LogP contribution is 2.36. The molecule has 0 aromatic rings. The molecule has 2 nitrogen and oxygen atoms in total. The molecule has 0 spiro atoms. The van der Waals surface area contributed by atoms with Gasteiger partial charge in [0.25, 0.3) is 0 Å². The number of nitrogens with one attached hydrogen (secondary N) is 1. The van der Waals surface area contributed by atoms with Gasteiger partial charge in [0.1, 0.15) is 0 Å². The summed E-state index contributed by atoms with van der Waals surface area (Å²) in [5.74, 6) is 3.56. The van der Waals surface area contributed by atoms with Crippen molar-refractivity contribution in [2.24, 2.45) is 11.3 Å². The van der Waals surface area contributed by atoms with Crippen LogP contribution in [0.4, 0.5) is 0 Å². The van der Waals surface area contributed by atoms with Crippen LogP contribution < -0.4 is 5.32 Å². The molecule has 0 amide bonds. The Labute approximate surface area is 124 Å². The minimum Gasteiger partial charge on any atom is -0.311 e. The molecule has 2 unspecified atom stereocenters. The van der Waals surface area contributed by atoms with E-state index in [9.17, 15) is 0 Å². The van der Waals surface area contributed by atoms with E-state index in [1.807, 2.05) is 0 Å². The zero-order chi connectivity index (χ0) is 13.9. The molecule has 2 atom stereocenters. The predicted octanol–water partition coefficient (Wildman–Crippen LogP) is 3.23. The monoisotopic (exact) mass is 284 g/mol. The maximum absolute atomic E-state index is 3.82. The van der Waals surface area contributed by atoms with Crippen LogP contribution in [0.5, 0.6) is 0 Å². The van der Waals surface area contributed by atoms with Gasteiger partial charge in [0.2, 0.25) is 0 Å². The fourth-order valence-corrected chi connectivity index (χ4v) is 3.89. The summed E-state index contributed by atoms with van der Waals surface area (Å²) in [6.45, 7) is 13.2. The lowest BCUT2D eigenvalue weighted by Crippen LogP contribution is -2.61. The lowest BCUT2D eigenvalue weighted by Gasteiger charge is -2.46. The van der Waals surface area contributed by atoms with Gasteiger partial charge in [0.05, 0.1) is 0 Å². The molecular weight excluding hydrogens is 252 g/mol. The summed E-state index contributed by atoms with van der Waals surface area (Å²) in [6.07, 6.45) is 4.26. The van der Waals surface area contributed by atoms with Crippen LogP contribution >= 0.6 is 11.8 Å². The number of hydrogen-bond acceptors (Lipinski definition) is 3. The van der Waals surface area contributed by atoms with Crippen LogP contribution in [0.25, 0.3) is 0 Å². The maximum atomic E-state index is 3.82. The second kappa shape index (κ2) is 6.82. The first-order chi connectivity index (χ1) is 9.02. The van der Waals surface area contributed by atoms with Crippen molar-refractivity contribution < 1.29 is 0 Å². The highest BCUT2D eigenvalue weighted by Gasteiger charge is 2.40. The van der Waals surface area contributed by atoms with Crippen molar-refractivity contribution in [3.8, 4) is 0 Å². The summed E-state index contributed by atoms with van der Waals surface area (Å²) < 4.78 is 0. The Balaban J connectivity index is 1.86. The second-order valence-corrected chi connectivity index (χ2v) is 8.67. The summed E-state index contributed by atoms with van der Waals surface area (Å²) in [5, 5.41) is 3.82. The second-order valence-electron chi connectivity index (χ2n) is 7.28. The number of rotatable bonds is 6. The molecule has 1 N–H and O–H groups in total. The van der Waals surface area contributed by atoms with Gasteiger partial charge >= 0.3 is 0 Å². The molecule has 0 aromatic carbocycles. The van der Waals surface area contributed by atoms with Crippen molar-refractivity contribution in [1.82, 2.24) is 10.2 Å². The van der Waals surface area contributed by atoms with Gasteiger partial charge < -0.3 is 5.32 Å². The molecule has 112 valence electrons. The largest absolute Gasteiger partial charge is 0.311 e. The van der Waals surface area contributed by atoms with E-state index < -0.39 is 0 Å². The number of piperazine rings is 1. The molecule has 1 aliphatic carbocycles. The van der Waals surface area contributed by atoms with Gasteiger partial charge in [-0.15, -0.1) is 0 Å². The van der Waals surface area contributed by atoms with Crippen LogP contribution in [-0.4, -0.2) is 48.1 Å². The maximum Gasteiger partial charge on any atom is 0.0269 e. The smallest absolute Gasteiger partial charge is 0.0269 e. The van der Waals surface area contributed by atoms with Crippen LogP contribution in [0.3, 0.4) is 0 Å². The van der Waals surface area contributed by atoms with E-state index in [-0.39, 0.29) is 0 Å². The first-order valence-corrected chi connectivity index (χ1v) is 9.23. The number of nitrogens with zero attached hydrogens (tertiary/aromatic N) is 1. The van der Waals surface area contributed by atoms with Crippen molar-refractivity contribution in [2.75, 3.05) is 31.1 Å². The predicted molar refractivity (Wildman–Crippen MR) is 86.9 cm³/mol. The van der Waals surface area contributed by atoms with Gasteiger partial charge in [-0.25, -0.2) is 0 Å². The summed E-state index contributed by atoms with van der Waals surface area (Å²) in [5.41, 5.74) is 0.388. The highest BCUT2D eigenvalue weighted by atomic mass is 32.2. The van der Waals surface area contributed by atoms with E-state index in [0.717, 1.165) is 12.0 Å². The zero-order valence-corrected chi connectivity index (χ0v) is 14.1. The molecule has 1 aliphatic heterocycles. The average molecular weight is 285 g/mol. The third-order valence-electron chi connectivity index (χ3n) is 4.57. The summed E-state index contributed by atoms with van der Waals surface area (Å²) in [4.78, 5) is 2.79. The molecule has 1 saturated heterocycles. The minimum atomic E-state index is 0.388. The Morgan fingerprint density at radius 1 is 1.26 bits per heavy atom. The average Bonchev–Trinajstić information content (AvgIpc) is 3.17. The van der Waals surface area contributed by atoms with Gasteiger partial charge in [-0.05, 0) is 48.6 Å². The Hall–Kier alpha value is 0.270. The molecule has 0 bridgehead atoms. The van der Waals surface area contributed by atoms with Gasteiger partial charge in [0, 0.05) is 25.2 Å². The van der Waals surface area contributed by atoms with Crippen molar-refractivity contribution in [3.05, 3.63) is 0 Å². The zero-order valence-electron chi connectivity index (χ0n) is 13.2. The first-order valence-electron chi connectivity index (χ1n) is 8.07. The van der Waals surface area contributed by atoms with Crippen molar-refractivity contribution in [3.63, 3.8) is 0 Å². The standard InChI is InChI=1S/C16H32N2S/c1-5-19-10-6-9-18-12-14(13-7-8-13)17-11-15(18)16(2,3)4/h13-15,17H,5-12H2,1-4H3. The van der Waals surface area contributed by atoms with Gasteiger partial charge in [-0.3, -0.25) is 4.90 Å².